The van der Waals surface area contributed by atoms with E-state index in [-0.39, 0.29) is 18.4 Å². The largest absolute Gasteiger partial charge is 0.466 e. The molecule has 0 spiro atoms. The molecule has 1 heterocycles. The summed E-state index contributed by atoms with van der Waals surface area (Å²) in [6.07, 6.45) is 0.283. The van der Waals surface area contributed by atoms with Crippen LogP contribution in [0.15, 0.2) is 42.5 Å². The number of esters is 1. The van der Waals surface area contributed by atoms with E-state index in [1.165, 1.54) is 12.1 Å². The maximum atomic E-state index is 14.3. The number of hydrogen-bond acceptors (Lipinski definition) is 6. The molecule has 1 saturated heterocycles. The number of carbonyl (C=O) groups excluding carboxylic acids is 2. The minimum atomic E-state index is -0.661. The van der Waals surface area contributed by atoms with Crippen LogP contribution in [-0.2, 0) is 25.4 Å². The van der Waals surface area contributed by atoms with Gasteiger partial charge in [-0.1, -0.05) is 35.9 Å². The van der Waals surface area contributed by atoms with Gasteiger partial charge in [0.15, 0.2) is 0 Å². The van der Waals surface area contributed by atoms with Crippen molar-refractivity contribution in [2.45, 2.75) is 52.2 Å². The molecule has 0 aliphatic carbocycles. The Hall–Kier alpha value is -2.68. The molecule has 2 aromatic rings. The minimum Gasteiger partial charge on any atom is -0.466 e. The number of benzene rings is 2. The van der Waals surface area contributed by atoms with E-state index >= 15 is 0 Å². The lowest BCUT2D eigenvalue weighted by Crippen LogP contribution is -2.46. The normalized spacial score (nSPS) is 15.9. The van der Waals surface area contributed by atoms with Gasteiger partial charge < -0.3 is 19.5 Å². The third kappa shape index (κ3) is 9.57. The summed E-state index contributed by atoms with van der Waals surface area (Å²) in [5.41, 5.74) is 1.37. The van der Waals surface area contributed by atoms with E-state index in [4.69, 9.17) is 25.8 Å². The second-order valence-corrected chi connectivity index (χ2v) is 10.9. The molecule has 0 radical (unpaired) electrons. The fourth-order valence-corrected chi connectivity index (χ4v) is 4.61. The van der Waals surface area contributed by atoms with Crippen molar-refractivity contribution in [3.8, 4) is 11.1 Å². The number of carbonyl (C=O) groups is 2. The van der Waals surface area contributed by atoms with E-state index in [0.717, 1.165) is 18.7 Å². The lowest BCUT2D eigenvalue weighted by molar-refractivity contribution is -0.149. The van der Waals surface area contributed by atoms with Gasteiger partial charge in [0.25, 0.3) is 0 Å². The van der Waals surface area contributed by atoms with Crippen LogP contribution in [0.4, 0.5) is 9.18 Å². The molecular formula is C29H38ClFN2O5. The molecule has 0 bridgehead atoms. The second kappa shape index (κ2) is 13.9. The lowest BCUT2D eigenvalue weighted by atomic mass is 9.93. The monoisotopic (exact) mass is 548 g/mol. The summed E-state index contributed by atoms with van der Waals surface area (Å²) >= 11 is 6.06. The molecule has 1 aliphatic heterocycles. The summed E-state index contributed by atoms with van der Waals surface area (Å²) in [6, 6.07) is 11.5. The van der Waals surface area contributed by atoms with Gasteiger partial charge >= 0.3 is 12.1 Å². The third-order valence-electron chi connectivity index (χ3n) is 6.17. The molecule has 2 atom stereocenters. The Morgan fingerprint density at radius 3 is 2.45 bits per heavy atom. The summed E-state index contributed by atoms with van der Waals surface area (Å²) in [7, 11) is 0. The minimum absolute atomic E-state index is 0.282. The van der Waals surface area contributed by atoms with Crippen LogP contribution in [0, 0.1) is 11.7 Å². The highest BCUT2D eigenvalue weighted by atomic mass is 35.5. The van der Waals surface area contributed by atoms with Crippen molar-refractivity contribution < 1.29 is 28.2 Å². The van der Waals surface area contributed by atoms with Crippen LogP contribution in [0.25, 0.3) is 11.1 Å². The molecule has 1 amide bonds. The lowest BCUT2D eigenvalue weighted by Gasteiger charge is -2.31. The van der Waals surface area contributed by atoms with Crippen molar-refractivity contribution in [3.63, 3.8) is 0 Å². The Bertz CT molecular complexity index is 1070. The summed E-state index contributed by atoms with van der Waals surface area (Å²) in [5, 5.41) is 3.42. The van der Waals surface area contributed by atoms with Crippen LogP contribution in [0.1, 0.15) is 39.7 Å². The van der Waals surface area contributed by atoms with Gasteiger partial charge in [-0.15, -0.1) is 0 Å². The van der Waals surface area contributed by atoms with Crippen molar-refractivity contribution in [1.29, 1.82) is 0 Å². The first-order chi connectivity index (χ1) is 18.0. The first-order valence-corrected chi connectivity index (χ1v) is 13.4. The molecular weight excluding hydrogens is 511 g/mol. The van der Waals surface area contributed by atoms with Crippen molar-refractivity contribution >= 4 is 23.7 Å². The zero-order chi connectivity index (χ0) is 27.7. The van der Waals surface area contributed by atoms with Crippen LogP contribution in [-0.4, -0.2) is 68.1 Å². The number of rotatable bonds is 10. The van der Waals surface area contributed by atoms with E-state index in [2.05, 4.69) is 10.2 Å². The van der Waals surface area contributed by atoms with E-state index < -0.39 is 23.7 Å². The number of halogens is 2. The summed E-state index contributed by atoms with van der Waals surface area (Å²) in [4.78, 5) is 27.8. The smallest absolute Gasteiger partial charge is 0.407 e. The predicted octanol–water partition coefficient (Wildman–Crippen LogP) is 5.48. The second-order valence-electron chi connectivity index (χ2n) is 10.5. The van der Waals surface area contributed by atoms with E-state index in [1.54, 1.807) is 33.8 Å². The van der Waals surface area contributed by atoms with Crippen LogP contribution in [0.5, 0.6) is 0 Å². The van der Waals surface area contributed by atoms with Gasteiger partial charge in [-0.3, -0.25) is 9.69 Å². The number of alkyl carbamates (subject to hydrolysis) is 1. The Kier molecular flexibility index (Phi) is 10.9. The Labute approximate surface area is 229 Å². The number of morpholine rings is 1. The number of nitrogens with one attached hydrogen (secondary N) is 1. The molecule has 9 heteroatoms. The molecule has 38 heavy (non-hydrogen) atoms. The van der Waals surface area contributed by atoms with Gasteiger partial charge in [-0.25, -0.2) is 9.18 Å². The summed E-state index contributed by atoms with van der Waals surface area (Å²) in [6.45, 7) is 10.7. The average Bonchev–Trinajstić information content (AvgIpc) is 2.85. The van der Waals surface area contributed by atoms with Gasteiger partial charge in [0.2, 0.25) is 0 Å². The topological polar surface area (TPSA) is 77.1 Å². The standard InChI is InChI=1S/C29H38ClFN2O5/c1-5-37-27(34)22(19-33-12-14-36-15-13-33)17-24(32-28(35)38-29(2,3)4)16-20-6-8-21(9-7-20)25-18-23(30)10-11-26(25)31/h6-11,18,22,24H,5,12-17,19H2,1-4H3,(H,32,35)/t22?,24-/m1/s1. The average molecular weight is 549 g/mol. The molecule has 3 rings (SSSR count). The highest BCUT2D eigenvalue weighted by Crippen LogP contribution is 2.27. The van der Waals surface area contributed by atoms with Crippen LogP contribution >= 0.6 is 11.6 Å². The Balaban J connectivity index is 1.80. The van der Waals surface area contributed by atoms with Gasteiger partial charge in [-0.2, -0.15) is 0 Å². The van der Waals surface area contributed by atoms with Crippen molar-refractivity contribution in [2.75, 3.05) is 39.5 Å². The Morgan fingerprint density at radius 1 is 1.13 bits per heavy atom. The van der Waals surface area contributed by atoms with Gasteiger partial charge in [0.1, 0.15) is 11.4 Å². The molecule has 1 N–H and O–H groups in total. The first-order valence-electron chi connectivity index (χ1n) is 13.0. The number of amides is 1. The third-order valence-corrected chi connectivity index (χ3v) is 6.40. The summed E-state index contributed by atoms with van der Waals surface area (Å²) < 4.78 is 30.7. The van der Waals surface area contributed by atoms with Gasteiger partial charge in [0, 0.05) is 36.3 Å². The molecule has 1 fully saturated rings. The fourth-order valence-electron chi connectivity index (χ4n) is 4.44. The fraction of sp³-hybridized carbons (Fsp3) is 0.517. The zero-order valence-corrected chi connectivity index (χ0v) is 23.4. The molecule has 1 aliphatic rings. The number of hydrogen-bond donors (Lipinski definition) is 1. The molecule has 0 aromatic heterocycles. The summed E-state index contributed by atoms with van der Waals surface area (Å²) in [5.74, 6) is -1.08. The Morgan fingerprint density at radius 2 is 1.82 bits per heavy atom. The van der Waals surface area contributed by atoms with E-state index in [1.807, 2.05) is 24.3 Å². The molecule has 7 nitrogen and oxygen atoms in total. The quantitative estimate of drug-likeness (QED) is 0.396. The van der Waals surface area contributed by atoms with Crippen LogP contribution in [0.3, 0.4) is 0 Å². The van der Waals surface area contributed by atoms with Crippen molar-refractivity contribution in [1.82, 2.24) is 10.2 Å². The van der Waals surface area contributed by atoms with Crippen LogP contribution in [0.2, 0.25) is 5.02 Å². The van der Waals surface area contributed by atoms with Gasteiger partial charge in [0.05, 0.1) is 25.7 Å². The molecule has 1 unspecified atom stereocenters. The van der Waals surface area contributed by atoms with E-state index in [9.17, 15) is 14.0 Å². The maximum absolute atomic E-state index is 14.3. The highest BCUT2D eigenvalue weighted by molar-refractivity contribution is 6.30. The highest BCUT2D eigenvalue weighted by Gasteiger charge is 2.29. The SMILES string of the molecule is CCOC(=O)C(C[C@@H](Cc1ccc(-c2cc(Cl)ccc2F)cc1)NC(=O)OC(C)(C)C)CN1CCOCC1. The molecule has 2 aromatic carbocycles. The maximum Gasteiger partial charge on any atom is 0.407 e. The van der Waals surface area contributed by atoms with Gasteiger partial charge in [-0.05, 0) is 69.9 Å². The zero-order valence-electron chi connectivity index (χ0n) is 22.6. The number of ether oxygens (including phenoxy) is 3. The van der Waals surface area contributed by atoms with Crippen molar-refractivity contribution in [2.24, 2.45) is 5.92 Å². The molecule has 0 saturated carbocycles. The number of nitrogens with zero attached hydrogens (tertiary/aromatic N) is 1. The predicted molar refractivity (Wildman–Crippen MR) is 146 cm³/mol. The van der Waals surface area contributed by atoms with E-state index in [0.29, 0.717) is 48.7 Å². The van der Waals surface area contributed by atoms with Crippen molar-refractivity contribution in [3.05, 3.63) is 58.9 Å². The molecule has 208 valence electrons. The van der Waals surface area contributed by atoms with Crippen LogP contribution < -0.4 is 5.32 Å². The first kappa shape index (κ1) is 29.9.